The fraction of sp³-hybridized carbons (Fsp3) is 0.571. The lowest BCUT2D eigenvalue weighted by Gasteiger charge is -2.04. The van der Waals surface area contributed by atoms with Crippen molar-refractivity contribution in [1.82, 2.24) is 0 Å². The molecule has 0 heterocycles. The molecule has 0 fully saturated rings. The Balaban J connectivity index is 2.45. The van der Waals surface area contributed by atoms with Crippen LogP contribution in [0.4, 0.5) is 0 Å². The molecule has 0 N–H and O–H groups in total. The molecular formula is C7H10. The lowest BCUT2D eigenvalue weighted by molar-refractivity contribution is 0.550. The minimum absolute atomic E-state index is 0.403. The number of hydrogen-bond acceptors (Lipinski definition) is 0. The molecule has 2 atom stereocenters. The van der Waals surface area contributed by atoms with Crippen LogP contribution >= 0.6 is 0 Å². The first-order valence-electron chi connectivity index (χ1n) is 2.73. The summed E-state index contributed by atoms with van der Waals surface area (Å²) in [6.07, 6.45) is 5.39. The van der Waals surface area contributed by atoms with Crippen molar-refractivity contribution in [3.05, 3.63) is 19.1 Å². The van der Waals surface area contributed by atoms with Crippen LogP contribution in [-0.2, 0) is 0 Å². The summed E-state index contributed by atoms with van der Waals surface area (Å²) in [5.41, 5.74) is 0. The first kappa shape index (κ1) is 4.89. The van der Waals surface area contributed by atoms with Crippen molar-refractivity contribution in [2.45, 2.75) is 13.3 Å². The minimum Gasteiger partial charge on any atom is -0.0880 e. The van der Waals surface area contributed by atoms with Crippen molar-refractivity contribution in [2.75, 3.05) is 0 Å². The Morgan fingerprint density at radius 1 is 1.71 bits per heavy atom. The predicted octanol–water partition coefficient (Wildman–Crippen LogP) is 1.91. The van der Waals surface area contributed by atoms with Gasteiger partial charge in [-0.2, -0.15) is 0 Å². The van der Waals surface area contributed by atoms with Crippen molar-refractivity contribution >= 4 is 0 Å². The van der Waals surface area contributed by atoms with Crippen molar-refractivity contribution < 1.29 is 0 Å². The predicted molar refractivity (Wildman–Crippen MR) is 30.7 cm³/mol. The highest BCUT2D eigenvalue weighted by Crippen LogP contribution is 2.22. The highest BCUT2D eigenvalue weighted by molar-refractivity contribution is 4.99. The van der Waals surface area contributed by atoms with Crippen molar-refractivity contribution in [3.63, 3.8) is 0 Å². The third-order valence-corrected chi connectivity index (χ3v) is 1.52. The van der Waals surface area contributed by atoms with Gasteiger partial charge in [0.2, 0.25) is 0 Å². The third kappa shape index (κ3) is 0.846. The molecule has 1 aliphatic rings. The summed E-state index contributed by atoms with van der Waals surface area (Å²) in [5.74, 6) is 1.01. The number of hydrogen-bond donors (Lipinski definition) is 0. The molecule has 0 saturated carbocycles. The Morgan fingerprint density at radius 2 is 2.43 bits per heavy atom. The molecule has 0 nitrogen and oxygen atoms in total. The van der Waals surface area contributed by atoms with Gasteiger partial charge in [-0.15, -0.1) is 0 Å². The van der Waals surface area contributed by atoms with Crippen LogP contribution in [0.25, 0.3) is 0 Å². The first-order chi connectivity index (χ1) is 3.30. The summed E-state index contributed by atoms with van der Waals surface area (Å²) >= 11 is 0. The van der Waals surface area contributed by atoms with E-state index in [-0.39, 0.29) is 0 Å². The van der Waals surface area contributed by atoms with Crippen LogP contribution in [0.3, 0.4) is 0 Å². The average Bonchev–Trinajstić information content (AvgIpc) is 1.91. The molecule has 2 radical (unpaired) electrons. The molecule has 2 unspecified atom stereocenters. The van der Waals surface area contributed by atoms with Crippen LogP contribution in [0.2, 0.25) is 0 Å². The fourth-order valence-electron chi connectivity index (χ4n) is 0.808. The maximum atomic E-state index is 5.62. The van der Waals surface area contributed by atoms with E-state index in [9.17, 15) is 0 Å². The first-order valence-corrected chi connectivity index (χ1v) is 2.73. The quantitative estimate of drug-likeness (QED) is 0.402. The molecule has 7 heavy (non-hydrogen) atoms. The van der Waals surface area contributed by atoms with Crippen LogP contribution in [0.15, 0.2) is 12.2 Å². The smallest absolute Gasteiger partial charge is 0.0228 e. The Bertz CT molecular complexity index is 82.0. The maximum absolute atomic E-state index is 5.62. The standard InChI is InChI=1S/C7H10/c1-6-4-3-5-7(6)2/h1,3,5-7H,4H2,2H3. The lowest BCUT2D eigenvalue weighted by Crippen LogP contribution is -1.96. The van der Waals surface area contributed by atoms with Gasteiger partial charge in [0.15, 0.2) is 0 Å². The molecule has 38 valence electrons. The summed E-state index contributed by atoms with van der Waals surface area (Å²) in [4.78, 5) is 0. The van der Waals surface area contributed by atoms with Gasteiger partial charge in [0.05, 0.1) is 0 Å². The summed E-state index contributed by atoms with van der Waals surface area (Å²) in [7, 11) is 0. The van der Waals surface area contributed by atoms with Gasteiger partial charge in [-0.05, 0) is 25.2 Å². The summed E-state index contributed by atoms with van der Waals surface area (Å²) < 4.78 is 0. The van der Waals surface area contributed by atoms with Gasteiger partial charge in [0.1, 0.15) is 0 Å². The summed E-state index contributed by atoms with van der Waals surface area (Å²) in [5, 5.41) is 0. The zero-order valence-electron chi connectivity index (χ0n) is 4.59. The molecule has 0 aromatic carbocycles. The molecule has 1 rings (SSSR count). The van der Waals surface area contributed by atoms with E-state index in [2.05, 4.69) is 19.1 Å². The lowest BCUT2D eigenvalue weighted by atomic mass is 10.0. The van der Waals surface area contributed by atoms with E-state index in [4.69, 9.17) is 6.92 Å². The second-order valence-corrected chi connectivity index (χ2v) is 2.19. The van der Waals surface area contributed by atoms with E-state index >= 15 is 0 Å². The average molecular weight is 94.2 g/mol. The van der Waals surface area contributed by atoms with Crippen molar-refractivity contribution in [2.24, 2.45) is 11.8 Å². The highest BCUT2D eigenvalue weighted by Gasteiger charge is 2.11. The normalized spacial score (nSPS) is 39.7. The second-order valence-electron chi connectivity index (χ2n) is 2.19. The maximum Gasteiger partial charge on any atom is -0.0228 e. The molecule has 0 amide bonds. The number of allylic oxidation sites excluding steroid dienone is 2. The molecule has 0 saturated heterocycles. The molecule has 0 aromatic rings. The van der Waals surface area contributed by atoms with Gasteiger partial charge < -0.3 is 0 Å². The zero-order chi connectivity index (χ0) is 5.28. The van der Waals surface area contributed by atoms with Crippen LogP contribution in [0.5, 0.6) is 0 Å². The largest absolute Gasteiger partial charge is 0.0880 e. The van der Waals surface area contributed by atoms with Gasteiger partial charge in [-0.3, -0.25) is 0 Å². The van der Waals surface area contributed by atoms with E-state index < -0.39 is 0 Å². The molecule has 0 heteroatoms. The molecule has 0 bridgehead atoms. The Morgan fingerprint density at radius 3 is 2.57 bits per heavy atom. The summed E-state index contributed by atoms with van der Waals surface area (Å²) in [6.45, 7) is 7.76. The van der Waals surface area contributed by atoms with Crippen molar-refractivity contribution in [3.8, 4) is 0 Å². The highest BCUT2D eigenvalue weighted by atomic mass is 14.2. The second kappa shape index (κ2) is 1.69. The zero-order valence-corrected chi connectivity index (χ0v) is 4.59. The third-order valence-electron chi connectivity index (χ3n) is 1.52. The van der Waals surface area contributed by atoms with Crippen molar-refractivity contribution in [1.29, 1.82) is 0 Å². The fourth-order valence-corrected chi connectivity index (χ4v) is 0.808. The molecule has 1 aliphatic carbocycles. The van der Waals surface area contributed by atoms with Gasteiger partial charge in [-0.1, -0.05) is 19.1 Å². The van der Waals surface area contributed by atoms with Gasteiger partial charge in [0.25, 0.3) is 0 Å². The Labute approximate surface area is 45.2 Å². The topological polar surface area (TPSA) is 0 Å². The molecule has 0 aliphatic heterocycles. The van der Waals surface area contributed by atoms with Crippen LogP contribution in [-0.4, -0.2) is 0 Å². The number of rotatable bonds is 0. The Hall–Kier alpha value is -0.260. The minimum atomic E-state index is 0.403. The Kier molecular flexibility index (Phi) is 1.18. The monoisotopic (exact) mass is 94.1 g/mol. The summed E-state index contributed by atoms with van der Waals surface area (Å²) in [6, 6.07) is 0. The van der Waals surface area contributed by atoms with Gasteiger partial charge in [0, 0.05) is 0 Å². The molecular weight excluding hydrogens is 84.1 g/mol. The van der Waals surface area contributed by atoms with E-state index in [1.54, 1.807) is 0 Å². The van der Waals surface area contributed by atoms with E-state index in [0.29, 0.717) is 11.8 Å². The molecule has 0 spiro atoms. The molecule has 0 aromatic heterocycles. The van der Waals surface area contributed by atoms with Gasteiger partial charge >= 0.3 is 0 Å². The van der Waals surface area contributed by atoms with E-state index in [1.165, 1.54) is 0 Å². The SMILES string of the molecule is [CH]C1CC=CC1C. The van der Waals surface area contributed by atoms with Crippen LogP contribution in [0, 0.1) is 18.8 Å². The van der Waals surface area contributed by atoms with E-state index in [0.717, 1.165) is 6.42 Å². The van der Waals surface area contributed by atoms with Crippen LogP contribution < -0.4 is 0 Å². The van der Waals surface area contributed by atoms with Gasteiger partial charge in [-0.25, -0.2) is 0 Å². The van der Waals surface area contributed by atoms with E-state index in [1.807, 2.05) is 0 Å². The van der Waals surface area contributed by atoms with Crippen LogP contribution in [0.1, 0.15) is 13.3 Å².